The summed E-state index contributed by atoms with van der Waals surface area (Å²) in [5, 5.41) is 12.2. The number of hydrogen-bond acceptors (Lipinski definition) is 5. The molecule has 32 heavy (non-hydrogen) atoms. The highest BCUT2D eigenvalue weighted by atomic mass is 16.5. The van der Waals surface area contributed by atoms with Crippen molar-refractivity contribution in [3.05, 3.63) is 65.2 Å². The molecule has 0 bridgehead atoms. The third-order valence-electron chi connectivity index (χ3n) is 5.05. The maximum absolute atomic E-state index is 12.4. The molecule has 2 aromatic rings. The van der Waals surface area contributed by atoms with Gasteiger partial charge in [-0.1, -0.05) is 36.4 Å². The van der Waals surface area contributed by atoms with Gasteiger partial charge in [0.15, 0.2) is 18.1 Å². The fraction of sp³-hybridized carbons (Fsp3) is 0.320. The minimum Gasteiger partial charge on any atom is -0.490 e. The van der Waals surface area contributed by atoms with Gasteiger partial charge in [-0.3, -0.25) is 9.59 Å². The Hall–Kier alpha value is -3.79. The molecule has 0 saturated carbocycles. The number of amides is 2. The van der Waals surface area contributed by atoms with Crippen LogP contribution in [0.1, 0.15) is 30.9 Å². The third-order valence-corrected chi connectivity index (χ3v) is 5.05. The summed E-state index contributed by atoms with van der Waals surface area (Å²) in [7, 11) is 0. The Bertz CT molecular complexity index is 1010. The Morgan fingerprint density at radius 3 is 2.53 bits per heavy atom. The van der Waals surface area contributed by atoms with Gasteiger partial charge in [0.25, 0.3) is 11.8 Å². The Morgan fingerprint density at radius 1 is 1.09 bits per heavy atom. The summed E-state index contributed by atoms with van der Waals surface area (Å²) in [5.74, 6) is 0.405. The highest BCUT2D eigenvalue weighted by molar-refractivity contribution is 6.01. The van der Waals surface area contributed by atoms with Gasteiger partial charge in [-0.25, -0.2) is 0 Å². The lowest BCUT2D eigenvalue weighted by molar-refractivity contribution is -0.132. The summed E-state index contributed by atoms with van der Waals surface area (Å²) >= 11 is 0. The van der Waals surface area contributed by atoms with Crippen molar-refractivity contribution in [2.75, 3.05) is 26.3 Å². The summed E-state index contributed by atoms with van der Waals surface area (Å²) in [4.78, 5) is 26.5. The highest BCUT2D eigenvalue weighted by Crippen LogP contribution is 2.29. The van der Waals surface area contributed by atoms with Crippen LogP contribution in [0, 0.1) is 11.3 Å². The molecular weight excluding hydrogens is 406 g/mol. The van der Waals surface area contributed by atoms with E-state index in [1.165, 1.54) is 6.08 Å². The molecule has 1 saturated heterocycles. The fourth-order valence-electron chi connectivity index (χ4n) is 3.39. The van der Waals surface area contributed by atoms with Gasteiger partial charge in [0.1, 0.15) is 11.6 Å². The van der Waals surface area contributed by atoms with E-state index in [1.54, 1.807) is 23.1 Å². The quantitative estimate of drug-likeness (QED) is 0.484. The zero-order valence-corrected chi connectivity index (χ0v) is 18.2. The average molecular weight is 434 g/mol. The molecule has 166 valence electrons. The molecule has 0 unspecified atom stereocenters. The van der Waals surface area contributed by atoms with E-state index < -0.39 is 5.91 Å². The number of ether oxygens (including phenoxy) is 2. The zero-order chi connectivity index (χ0) is 22.8. The van der Waals surface area contributed by atoms with Crippen LogP contribution >= 0.6 is 0 Å². The van der Waals surface area contributed by atoms with Crippen LogP contribution in [0.15, 0.2) is 54.1 Å². The molecule has 2 aromatic carbocycles. The first-order valence-electron chi connectivity index (χ1n) is 10.7. The van der Waals surface area contributed by atoms with Crippen molar-refractivity contribution in [2.45, 2.75) is 26.3 Å². The minimum absolute atomic E-state index is 0.0127. The van der Waals surface area contributed by atoms with Crippen LogP contribution in [-0.2, 0) is 16.1 Å². The largest absolute Gasteiger partial charge is 0.490 e. The number of rotatable bonds is 9. The van der Waals surface area contributed by atoms with Gasteiger partial charge in [-0.05, 0) is 49.1 Å². The maximum Gasteiger partial charge on any atom is 0.262 e. The van der Waals surface area contributed by atoms with E-state index in [-0.39, 0.29) is 18.1 Å². The molecule has 0 spiro atoms. The van der Waals surface area contributed by atoms with Gasteiger partial charge in [0.05, 0.1) is 6.61 Å². The molecule has 0 aromatic heterocycles. The van der Waals surface area contributed by atoms with Crippen LogP contribution in [0.25, 0.3) is 6.08 Å². The van der Waals surface area contributed by atoms with Crippen molar-refractivity contribution in [3.63, 3.8) is 0 Å². The molecule has 7 nitrogen and oxygen atoms in total. The van der Waals surface area contributed by atoms with Crippen molar-refractivity contribution in [3.8, 4) is 17.6 Å². The Labute approximate surface area is 188 Å². The van der Waals surface area contributed by atoms with Crippen LogP contribution in [0.5, 0.6) is 11.5 Å². The lowest BCUT2D eigenvalue weighted by atomic mass is 10.1. The first-order chi connectivity index (χ1) is 15.6. The third kappa shape index (κ3) is 6.35. The van der Waals surface area contributed by atoms with Gasteiger partial charge in [-0.2, -0.15) is 5.26 Å². The Kier molecular flexibility index (Phi) is 8.27. The van der Waals surface area contributed by atoms with Crippen molar-refractivity contribution < 1.29 is 19.1 Å². The lowest BCUT2D eigenvalue weighted by Gasteiger charge is -2.17. The summed E-state index contributed by atoms with van der Waals surface area (Å²) in [6, 6.07) is 16.5. The number of nitrogens with one attached hydrogen (secondary N) is 1. The molecule has 1 aliphatic rings. The molecule has 7 heteroatoms. The molecule has 2 amide bonds. The molecule has 0 radical (unpaired) electrons. The number of carbonyl (C=O) groups excluding carboxylic acids is 2. The Morgan fingerprint density at radius 2 is 1.84 bits per heavy atom. The fourth-order valence-corrected chi connectivity index (χ4v) is 3.39. The van der Waals surface area contributed by atoms with Crippen molar-refractivity contribution in [1.82, 2.24) is 10.2 Å². The monoisotopic (exact) mass is 433 g/mol. The van der Waals surface area contributed by atoms with Gasteiger partial charge < -0.3 is 19.7 Å². The number of hydrogen-bond donors (Lipinski definition) is 1. The topological polar surface area (TPSA) is 91.7 Å². The number of carbonyl (C=O) groups is 2. The first kappa shape index (κ1) is 22.9. The minimum atomic E-state index is -0.453. The van der Waals surface area contributed by atoms with Crippen LogP contribution in [-0.4, -0.2) is 43.0 Å². The predicted octanol–water partition coefficient (Wildman–Crippen LogP) is 3.31. The van der Waals surface area contributed by atoms with E-state index in [2.05, 4.69) is 5.32 Å². The SMILES string of the molecule is CCOc1cc(/C=C(\C#N)C(=O)NCc2ccccc2)ccc1OCC(=O)N1CCCC1. The van der Waals surface area contributed by atoms with E-state index >= 15 is 0 Å². The van der Waals surface area contributed by atoms with Crippen LogP contribution < -0.4 is 14.8 Å². The van der Waals surface area contributed by atoms with Gasteiger partial charge in [-0.15, -0.1) is 0 Å². The van der Waals surface area contributed by atoms with Gasteiger partial charge in [0.2, 0.25) is 0 Å². The van der Waals surface area contributed by atoms with Crippen molar-refractivity contribution in [2.24, 2.45) is 0 Å². The number of nitriles is 1. The number of benzene rings is 2. The highest BCUT2D eigenvalue weighted by Gasteiger charge is 2.19. The average Bonchev–Trinajstić information content (AvgIpc) is 3.36. The van der Waals surface area contributed by atoms with Crippen molar-refractivity contribution in [1.29, 1.82) is 5.26 Å². The second kappa shape index (κ2) is 11.6. The predicted molar refractivity (Wildman–Crippen MR) is 121 cm³/mol. The second-order valence-corrected chi connectivity index (χ2v) is 7.35. The summed E-state index contributed by atoms with van der Waals surface area (Å²) in [6.45, 7) is 4.08. The van der Waals surface area contributed by atoms with Crippen molar-refractivity contribution >= 4 is 17.9 Å². The number of likely N-dealkylation sites (tertiary alicyclic amines) is 1. The molecule has 1 aliphatic heterocycles. The van der Waals surface area contributed by atoms with Gasteiger partial charge >= 0.3 is 0 Å². The van der Waals surface area contributed by atoms with Crippen LogP contribution in [0.4, 0.5) is 0 Å². The molecule has 1 N–H and O–H groups in total. The van der Waals surface area contributed by atoms with Crippen LogP contribution in [0.3, 0.4) is 0 Å². The van der Waals surface area contributed by atoms with E-state index in [1.807, 2.05) is 43.3 Å². The van der Waals surface area contributed by atoms with E-state index in [4.69, 9.17) is 9.47 Å². The second-order valence-electron chi connectivity index (χ2n) is 7.35. The molecule has 1 heterocycles. The maximum atomic E-state index is 12.4. The number of nitrogens with zero attached hydrogens (tertiary/aromatic N) is 2. The van der Waals surface area contributed by atoms with E-state index in [9.17, 15) is 14.9 Å². The molecule has 0 aliphatic carbocycles. The molecule has 1 fully saturated rings. The standard InChI is InChI=1S/C25H27N3O4/c1-2-31-23-15-20(10-11-22(23)32-18-24(29)28-12-6-7-13-28)14-21(16-26)25(30)27-17-19-8-4-3-5-9-19/h3-5,8-11,14-15H,2,6-7,12-13,17-18H2,1H3,(H,27,30)/b21-14+. The zero-order valence-electron chi connectivity index (χ0n) is 18.2. The van der Waals surface area contributed by atoms with Crippen LogP contribution in [0.2, 0.25) is 0 Å². The van der Waals surface area contributed by atoms with Gasteiger partial charge in [0, 0.05) is 19.6 Å². The van der Waals surface area contributed by atoms with E-state index in [0.717, 1.165) is 31.5 Å². The molecule has 0 atom stereocenters. The Balaban J connectivity index is 1.68. The smallest absolute Gasteiger partial charge is 0.262 e. The summed E-state index contributed by atoms with van der Waals surface area (Å²) in [6.07, 6.45) is 3.55. The normalized spacial score (nSPS) is 13.4. The summed E-state index contributed by atoms with van der Waals surface area (Å²) < 4.78 is 11.4. The molecule has 3 rings (SSSR count). The summed E-state index contributed by atoms with van der Waals surface area (Å²) in [5.41, 5.74) is 1.56. The van der Waals surface area contributed by atoms with E-state index in [0.29, 0.717) is 30.2 Å². The first-order valence-corrected chi connectivity index (χ1v) is 10.7. The lowest BCUT2D eigenvalue weighted by Crippen LogP contribution is -2.32. The molecular formula is C25H27N3O4.